The van der Waals surface area contributed by atoms with Gasteiger partial charge in [0.15, 0.2) is 0 Å². The first-order valence-electron chi connectivity index (χ1n) is 7.13. The Balaban J connectivity index is 1.83. The van der Waals surface area contributed by atoms with Crippen molar-refractivity contribution in [2.75, 3.05) is 18.6 Å². The minimum atomic E-state index is -0.529. The van der Waals surface area contributed by atoms with Crippen LogP contribution in [0.2, 0.25) is 5.02 Å². The number of benzene rings is 1. The second kappa shape index (κ2) is 8.21. The first kappa shape index (κ1) is 17.6. The molecule has 0 bridgehead atoms. The maximum atomic E-state index is 12.1. The fraction of sp³-hybridized carbons (Fsp3) is 0.400. The molecule has 2 N–H and O–H groups in total. The molecule has 1 aliphatic rings. The fourth-order valence-corrected chi connectivity index (χ4v) is 2.76. The molecule has 0 saturated carbocycles. The largest absolute Gasteiger partial charge is 0.350 e. The Labute approximate surface area is 143 Å². The number of imide groups is 1. The number of hydrogen-bond acceptors (Lipinski definition) is 4. The second-order valence-corrected chi connectivity index (χ2v) is 6.53. The average Bonchev–Trinajstić information content (AvgIpc) is 2.80. The van der Waals surface area contributed by atoms with Crippen molar-refractivity contribution in [2.24, 2.45) is 0 Å². The third kappa shape index (κ3) is 4.87. The van der Waals surface area contributed by atoms with E-state index in [1.807, 2.05) is 6.26 Å². The zero-order valence-corrected chi connectivity index (χ0v) is 14.2. The molecule has 6 nitrogen and oxygen atoms in total. The molecule has 1 saturated heterocycles. The van der Waals surface area contributed by atoms with E-state index in [0.717, 1.165) is 16.2 Å². The molecule has 1 aromatic carbocycles. The molecular weight excluding hydrogens is 338 g/mol. The zero-order valence-electron chi connectivity index (χ0n) is 12.7. The highest BCUT2D eigenvalue weighted by Crippen LogP contribution is 2.12. The predicted molar refractivity (Wildman–Crippen MR) is 90.3 cm³/mol. The number of urea groups is 1. The Morgan fingerprint density at radius 1 is 1.35 bits per heavy atom. The summed E-state index contributed by atoms with van der Waals surface area (Å²) < 4.78 is 0. The lowest BCUT2D eigenvalue weighted by atomic mass is 10.2. The SMILES string of the molecule is CSCC[C@H]1NC(=O)N(CC(=O)NCc2ccc(Cl)cc2)C1=O. The van der Waals surface area contributed by atoms with Crippen molar-refractivity contribution in [1.82, 2.24) is 15.5 Å². The molecule has 0 aromatic heterocycles. The molecule has 124 valence electrons. The number of thioether (sulfide) groups is 1. The van der Waals surface area contributed by atoms with E-state index in [4.69, 9.17) is 11.6 Å². The van der Waals surface area contributed by atoms with Crippen LogP contribution in [0.4, 0.5) is 4.79 Å². The summed E-state index contributed by atoms with van der Waals surface area (Å²) in [6.07, 6.45) is 2.50. The lowest BCUT2D eigenvalue weighted by Crippen LogP contribution is -2.41. The molecule has 23 heavy (non-hydrogen) atoms. The summed E-state index contributed by atoms with van der Waals surface area (Å²) in [6, 6.07) is 6.03. The van der Waals surface area contributed by atoms with Crippen LogP contribution in [0.15, 0.2) is 24.3 Å². The quantitative estimate of drug-likeness (QED) is 0.729. The molecule has 1 fully saturated rings. The van der Waals surface area contributed by atoms with Crippen molar-refractivity contribution in [3.05, 3.63) is 34.9 Å². The van der Waals surface area contributed by atoms with Crippen molar-refractivity contribution in [2.45, 2.75) is 19.0 Å². The molecular formula is C15H18ClN3O3S. The number of nitrogens with zero attached hydrogens (tertiary/aromatic N) is 1. The first-order valence-corrected chi connectivity index (χ1v) is 8.90. The Kier molecular flexibility index (Phi) is 6.29. The van der Waals surface area contributed by atoms with Gasteiger partial charge in [-0.2, -0.15) is 11.8 Å². The average molecular weight is 356 g/mol. The molecule has 0 spiro atoms. The van der Waals surface area contributed by atoms with E-state index in [9.17, 15) is 14.4 Å². The summed E-state index contributed by atoms with van der Waals surface area (Å²) in [5, 5.41) is 5.91. The van der Waals surface area contributed by atoms with Gasteiger partial charge >= 0.3 is 6.03 Å². The standard InChI is InChI=1S/C15H18ClN3O3S/c1-23-7-6-12-14(21)19(15(22)18-12)9-13(20)17-8-10-2-4-11(16)5-3-10/h2-5,12H,6-9H2,1H3,(H,17,20)(H,18,22)/t12-/m1/s1. The molecule has 1 heterocycles. The molecule has 1 aromatic rings. The van der Waals surface area contributed by atoms with Gasteiger partial charge < -0.3 is 10.6 Å². The lowest BCUT2D eigenvalue weighted by Gasteiger charge is -2.13. The summed E-state index contributed by atoms with van der Waals surface area (Å²) in [5.41, 5.74) is 0.887. The molecule has 0 aliphatic carbocycles. The Morgan fingerprint density at radius 3 is 2.70 bits per heavy atom. The van der Waals surface area contributed by atoms with E-state index in [0.29, 0.717) is 18.0 Å². The van der Waals surface area contributed by atoms with Crippen molar-refractivity contribution < 1.29 is 14.4 Å². The van der Waals surface area contributed by atoms with Crippen LogP contribution in [0.3, 0.4) is 0 Å². The summed E-state index contributed by atoms with van der Waals surface area (Å²) >= 11 is 7.40. The summed E-state index contributed by atoms with van der Waals surface area (Å²) in [5.74, 6) is 0.0486. The van der Waals surface area contributed by atoms with Gasteiger partial charge in [0.25, 0.3) is 5.91 Å². The van der Waals surface area contributed by atoms with Crippen LogP contribution in [-0.2, 0) is 16.1 Å². The van der Waals surface area contributed by atoms with Gasteiger partial charge in [-0.1, -0.05) is 23.7 Å². The fourth-order valence-electron chi connectivity index (χ4n) is 2.16. The van der Waals surface area contributed by atoms with Gasteiger partial charge in [-0.15, -0.1) is 0 Å². The van der Waals surface area contributed by atoms with Crippen molar-refractivity contribution in [3.63, 3.8) is 0 Å². The van der Waals surface area contributed by atoms with Gasteiger partial charge in [0.2, 0.25) is 5.91 Å². The maximum absolute atomic E-state index is 12.1. The zero-order chi connectivity index (χ0) is 16.8. The van der Waals surface area contributed by atoms with Gasteiger partial charge in [-0.25, -0.2) is 4.79 Å². The lowest BCUT2D eigenvalue weighted by molar-refractivity contribution is -0.132. The number of carbonyl (C=O) groups excluding carboxylic acids is 3. The minimum absolute atomic E-state index is 0.270. The second-order valence-electron chi connectivity index (χ2n) is 5.11. The monoisotopic (exact) mass is 355 g/mol. The van der Waals surface area contributed by atoms with Crippen molar-refractivity contribution in [1.29, 1.82) is 0 Å². The Morgan fingerprint density at radius 2 is 2.04 bits per heavy atom. The van der Waals surface area contributed by atoms with Crippen LogP contribution in [0.1, 0.15) is 12.0 Å². The number of halogens is 1. The predicted octanol–water partition coefficient (Wildman–Crippen LogP) is 1.63. The van der Waals surface area contributed by atoms with Gasteiger partial charge in [0.05, 0.1) is 0 Å². The highest BCUT2D eigenvalue weighted by atomic mass is 35.5. The molecule has 0 unspecified atom stereocenters. The van der Waals surface area contributed by atoms with Crippen LogP contribution in [-0.4, -0.2) is 47.3 Å². The Bertz CT molecular complexity index is 594. The first-order chi connectivity index (χ1) is 11.0. The summed E-state index contributed by atoms with van der Waals surface area (Å²) in [7, 11) is 0. The van der Waals surface area contributed by atoms with Crippen LogP contribution >= 0.6 is 23.4 Å². The van der Waals surface area contributed by atoms with Crippen molar-refractivity contribution >= 4 is 41.2 Å². The minimum Gasteiger partial charge on any atom is -0.350 e. The molecule has 4 amide bonds. The molecule has 2 rings (SSSR count). The number of hydrogen-bond donors (Lipinski definition) is 2. The van der Waals surface area contributed by atoms with E-state index in [-0.39, 0.29) is 18.4 Å². The smallest absolute Gasteiger partial charge is 0.325 e. The number of amides is 4. The number of rotatable bonds is 7. The Hall–Kier alpha value is -1.73. The molecule has 8 heteroatoms. The van der Waals surface area contributed by atoms with E-state index in [1.54, 1.807) is 36.0 Å². The highest BCUT2D eigenvalue weighted by Gasteiger charge is 2.38. The topological polar surface area (TPSA) is 78.5 Å². The van der Waals surface area contributed by atoms with E-state index >= 15 is 0 Å². The molecule has 1 aliphatic heterocycles. The van der Waals surface area contributed by atoms with Gasteiger partial charge in [-0.05, 0) is 36.1 Å². The van der Waals surface area contributed by atoms with E-state index in [1.165, 1.54) is 0 Å². The van der Waals surface area contributed by atoms with E-state index < -0.39 is 12.1 Å². The van der Waals surface area contributed by atoms with Crippen LogP contribution in [0.25, 0.3) is 0 Å². The summed E-state index contributed by atoms with van der Waals surface area (Å²) in [4.78, 5) is 36.8. The van der Waals surface area contributed by atoms with Crippen LogP contribution < -0.4 is 10.6 Å². The van der Waals surface area contributed by atoms with Gasteiger partial charge in [0.1, 0.15) is 12.6 Å². The third-order valence-corrected chi connectivity index (χ3v) is 4.32. The molecule has 0 radical (unpaired) electrons. The van der Waals surface area contributed by atoms with E-state index in [2.05, 4.69) is 10.6 Å². The molecule has 1 atom stereocenters. The number of nitrogens with one attached hydrogen (secondary N) is 2. The summed E-state index contributed by atoms with van der Waals surface area (Å²) in [6.45, 7) is 0.0452. The highest BCUT2D eigenvalue weighted by molar-refractivity contribution is 7.98. The van der Waals surface area contributed by atoms with Gasteiger partial charge in [0, 0.05) is 11.6 Å². The van der Waals surface area contributed by atoms with Crippen LogP contribution in [0.5, 0.6) is 0 Å². The third-order valence-electron chi connectivity index (χ3n) is 3.42. The van der Waals surface area contributed by atoms with Crippen LogP contribution in [0, 0.1) is 0 Å². The normalized spacial score (nSPS) is 17.3. The van der Waals surface area contributed by atoms with Gasteiger partial charge in [-0.3, -0.25) is 14.5 Å². The number of carbonyl (C=O) groups is 3. The van der Waals surface area contributed by atoms with Crippen molar-refractivity contribution in [3.8, 4) is 0 Å². The maximum Gasteiger partial charge on any atom is 0.325 e.